The summed E-state index contributed by atoms with van der Waals surface area (Å²) in [6, 6.07) is 12.5. The molecule has 0 spiro atoms. The molecule has 0 unspecified atom stereocenters. The molecule has 2 aromatic rings. The molecule has 1 aromatic heterocycles. The summed E-state index contributed by atoms with van der Waals surface area (Å²) in [5.74, 6) is 0.926. The Morgan fingerprint density at radius 2 is 1.84 bits per heavy atom. The van der Waals surface area contributed by atoms with E-state index in [1.54, 1.807) is 11.3 Å². The van der Waals surface area contributed by atoms with E-state index in [0.717, 1.165) is 51.7 Å². The molecule has 25 heavy (non-hydrogen) atoms. The molecule has 4 nitrogen and oxygen atoms in total. The fourth-order valence-corrected chi connectivity index (χ4v) is 3.16. The van der Waals surface area contributed by atoms with Gasteiger partial charge in [0.2, 0.25) is 0 Å². The van der Waals surface area contributed by atoms with Crippen molar-refractivity contribution in [2.24, 2.45) is 0 Å². The van der Waals surface area contributed by atoms with Crippen molar-refractivity contribution < 1.29 is 9.47 Å². The fourth-order valence-electron chi connectivity index (χ4n) is 2.55. The summed E-state index contributed by atoms with van der Waals surface area (Å²) >= 11 is 1.72. The minimum Gasteiger partial charge on any atom is -0.488 e. The predicted octanol–water partition coefficient (Wildman–Crippen LogP) is 3.59. The first kappa shape index (κ1) is 22.2. The van der Waals surface area contributed by atoms with Crippen LogP contribution < -0.4 is 10.1 Å². The van der Waals surface area contributed by atoms with Gasteiger partial charge in [-0.25, -0.2) is 0 Å². The van der Waals surface area contributed by atoms with Crippen LogP contribution in [0.1, 0.15) is 10.4 Å². The highest BCUT2D eigenvalue weighted by Gasteiger charge is 2.08. The number of morpholine rings is 1. The number of nitrogens with zero attached hydrogens (tertiary/aromatic N) is 1. The average molecular weight is 405 g/mol. The van der Waals surface area contributed by atoms with E-state index in [0.29, 0.717) is 6.61 Å². The smallest absolute Gasteiger partial charge is 0.122 e. The third-order valence-electron chi connectivity index (χ3n) is 3.92. The molecule has 1 fully saturated rings. The molecular formula is C18H26Cl2N2O2S. The lowest BCUT2D eigenvalue weighted by atomic mass is 10.2. The van der Waals surface area contributed by atoms with Gasteiger partial charge in [0.25, 0.3) is 0 Å². The second-order valence-corrected chi connectivity index (χ2v) is 6.68. The van der Waals surface area contributed by atoms with Crippen LogP contribution in [0.4, 0.5) is 0 Å². The molecule has 2 heterocycles. The maximum absolute atomic E-state index is 5.78. The Morgan fingerprint density at radius 3 is 2.52 bits per heavy atom. The molecule has 0 radical (unpaired) electrons. The Bertz CT molecular complexity index is 561. The van der Waals surface area contributed by atoms with Crippen molar-refractivity contribution in [1.29, 1.82) is 0 Å². The van der Waals surface area contributed by atoms with Crippen molar-refractivity contribution in [3.63, 3.8) is 0 Å². The van der Waals surface area contributed by atoms with Crippen molar-refractivity contribution in [2.75, 3.05) is 39.4 Å². The third-order valence-corrected chi connectivity index (χ3v) is 4.77. The van der Waals surface area contributed by atoms with Crippen LogP contribution in [0.2, 0.25) is 0 Å². The van der Waals surface area contributed by atoms with Crippen LogP contribution in [0, 0.1) is 0 Å². The first-order valence-corrected chi connectivity index (χ1v) is 9.03. The zero-order valence-electron chi connectivity index (χ0n) is 14.2. The summed E-state index contributed by atoms with van der Waals surface area (Å²) in [5.41, 5.74) is 1.29. The van der Waals surface area contributed by atoms with E-state index in [1.165, 1.54) is 10.4 Å². The molecule has 140 valence electrons. The van der Waals surface area contributed by atoms with Crippen molar-refractivity contribution in [3.8, 4) is 5.75 Å². The summed E-state index contributed by atoms with van der Waals surface area (Å²) in [5, 5.41) is 5.57. The first-order chi connectivity index (χ1) is 11.4. The molecule has 0 aliphatic carbocycles. The summed E-state index contributed by atoms with van der Waals surface area (Å²) in [6.45, 7) is 7.49. The lowest BCUT2D eigenvalue weighted by Gasteiger charge is -2.26. The molecule has 7 heteroatoms. The topological polar surface area (TPSA) is 33.7 Å². The fraction of sp³-hybridized carbons (Fsp3) is 0.444. The Morgan fingerprint density at radius 1 is 1.08 bits per heavy atom. The second-order valence-electron chi connectivity index (χ2n) is 5.64. The van der Waals surface area contributed by atoms with E-state index in [4.69, 9.17) is 9.47 Å². The van der Waals surface area contributed by atoms with Crippen molar-refractivity contribution in [3.05, 3.63) is 52.2 Å². The van der Waals surface area contributed by atoms with E-state index in [-0.39, 0.29) is 24.8 Å². The Kier molecular flexibility index (Phi) is 11.1. The van der Waals surface area contributed by atoms with Gasteiger partial charge in [-0.05, 0) is 29.1 Å². The van der Waals surface area contributed by atoms with E-state index in [2.05, 4.69) is 39.9 Å². The number of thiophene rings is 1. The van der Waals surface area contributed by atoms with Gasteiger partial charge in [-0.3, -0.25) is 4.90 Å². The molecule has 1 aliphatic heterocycles. The monoisotopic (exact) mass is 404 g/mol. The second kappa shape index (κ2) is 12.5. The molecule has 0 atom stereocenters. The minimum atomic E-state index is 0. The van der Waals surface area contributed by atoms with Gasteiger partial charge < -0.3 is 14.8 Å². The summed E-state index contributed by atoms with van der Waals surface area (Å²) in [6.07, 6.45) is 0. The normalized spacial score (nSPS) is 14.4. The zero-order valence-corrected chi connectivity index (χ0v) is 16.6. The lowest BCUT2D eigenvalue weighted by Crippen LogP contribution is -2.40. The van der Waals surface area contributed by atoms with Crippen molar-refractivity contribution >= 4 is 36.2 Å². The van der Waals surface area contributed by atoms with E-state index in [1.807, 2.05) is 12.1 Å². The molecule has 0 amide bonds. The van der Waals surface area contributed by atoms with Crippen molar-refractivity contribution in [1.82, 2.24) is 10.2 Å². The van der Waals surface area contributed by atoms with Crippen molar-refractivity contribution in [2.45, 2.75) is 13.2 Å². The van der Waals surface area contributed by atoms with Gasteiger partial charge in [0, 0.05) is 37.6 Å². The first-order valence-electron chi connectivity index (χ1n) is 8.15. The van der Waals surface area contributed by atoms with Gasteiger partial charge in [-0.2, -0.15) is 0 Å². The summed E-state index contributed by atoms with van der Waals surface area (Å²) in [7, 11) is 0. The summed E-state index contributed by atoms with van der Waals surface area (Å²) < 4.78 is 11.1. The Labute approximate surface area is 166 Å². The largest absolute Gasteiger partial charge is 0.488 e. The van der Waals surface area contributed by atoms with E-state index in [9.17, 15) is 0 Å². The average Bonchev–Trinajstić information content (AvgIpc) is 3.12. The van der Waals surface area contributed by atoms with Gasteiger partial charge in [-0.15, -0.1) is 36.2 Å². The third kappa shape index (κ3) is 7.94. The van der Waals surface area contributed by atoms with Crippen LogP contribution in [-0.2, 0) is 17.9 Å². The molecule has 1 aliphatic rings. The number of rotatable bonds is 8. The molecule has 1 saturated heterocycles. The molecule has 0 saturated carbocycles. The van der Waals surface area contributed by atoms with Crippen LogP contribution in [0.5, 0.6) is 5.75 Å². The molecule has 1 aromatic carbocycles. The predicted molar refractivity (Wildman–Crippen MR) is 109 cm³/mol. The molecule has 3 rings (SSSR count). The van der Waals surface area contributed by atoms with Gasteiger partial charge in [0.1, 0.15) is 12.4 Å². The highest BCUT2D eigenvalue weighted by Crippen LogP contribution is 2.16. The maximum atomic E-state index is 5.78. The lowest BCUT2D eigenvalue weighted by molar-refractivity contribution is 0.0384. The standard InChI is InChI=1S/C18H24N2O2S.2ClH/c1-2-18(23-13-1)15-22-17-5-3-16(4-6-17)14-19-7-8-20-9-11-21-12-10-20;;/h1-6,13,19H,7-12,14-15H2;2*1H. The number of halogens is 2. The Hall–Kier alpha value is -0.820. The van der Waals surface area contributed by atoms with Crippen LogP contribution in [0.25, 0.3) is 0 Å². The molecule has 1 N–H and O–H groups in total. The minimum absolute atomic E-state index is 0. The van der Waals surface area contributed by atoms with Crippen LogP contribution in [0.3, 0.4) is 0 Å². The van der Waals surface area contributed by atoms with Gasteiger partial charge in [0.15, 0.2) is 0 Å². The molecular weight excluding hydrogens is 379 g/mol. The number of hydrogen-bond acceptors (Lipinski definition) is 5. The number of hydrogen-bond donors (Lipinski definition) is 1. The van der Waals surface area contributed by atoms with Crippen LogP contribution in [-0.4, -0.2) is 44.3 Å². The van der Waals surface area contributed by atoms with Gasteiger partial charge >= 0.3 is 0 Å². The highest BCUT2D eigenvalue weighted by atomic mass is 35.5. The number of nitrogens with one attached hydrogen (secondary N) is 1. The quantitative estimate of drug-likeness (QED) is 0.681. The van der Waals surface area contributed by atoms with Crippen LogP contribution in [0.15, 0.2) is 41.8 Å². The zero-order chi connectivity index (χ0) is 15.7. The van der Waals surface area contributed by atoms with Gasteiger partial charge in [0.05, 0.1) is 13.2 Å². The SMILES string of the molecule is Cl.Cl.c1csc(COc2ccc(CNCCN3CCOCC3)cc2)c1. The molecule has 0 bridgehead atoms. The number of benzene rings is 1. The van der Waals surface area contributed by atoms with E-state index < -0.39 is 0 Å². The van der Waals surface area contributed by atoms with E-state index >= 15 is 0 Å². The van der Waals surface area contributed by atoms with Crippen LogP contribution >= 0.6 is 36.2 Å². The maximum Gasteiger partial charge on any atom is 0.122 e. The highest BCUT2D eigenvalue weighted by molar-refractivity contribution is 7.09. The number of ether oxygens (including phenoxy) is 2. The van der Waals surface area contributed by atoms with Gasteiger partial charge in [-0.1, -0.05) is 18.2 Å². The summed E-state index contributed by atoms with van der Waals surface area (Å²) in [4.78, 5) is 3.69. The Balaban J connectivity index is 0.00000156.